The molecule has 1 fully saturated rings. The van der Waals surface area contributed by atoms with Crippen molar-refractivity contribution in [2.45, 2.75) is 6.92 Å². The van der Waals surface area contributed by atoms with Crippen LogP contribution in [0, 0.1) is 0 Å². The maximum Gasteiger partial charge on any atom is 0.294 e. The number of para-hydroxylation sites is 3. The van der Waals surface area contributed by atoms with Gasteiger partial charge in [0.2, 0.25) is 5.91 Å². The third kappa shape index (κ3) is 5.00. The standard InChI is InChI=1S/C22H22N2O6S/c1-4-30-20-14(8-7-11-17(20)29-3)12-18-21(26)24(22(27)31-18)13-19(25)23-15-9-5-6-10-16(15)28-2/h5-12H,4,13H2,1-3H3,(H,23,25)/b18-12+. The van der Waals surface area contributed by atoms with Gasteiger partial charge < -0.3 is 19.5 Å². The van der Waals surface area contributed by atoms with E-state index in [0.717, 1.165) is 16.7 Å². The monoisotopic (exact) mass is 442 g/mol. The summed E-state index contributed by atoms with van der Waals surface area (Å²) in [6, 6.07) is 12.1. The van der Waals surface area contributed by atoms with Gasteiger partial charge in [-0.1, -0.05) is 24.3 Å². The Balaban J connectivity index is 1.78. The van der Waals surface area contributed by atoms with E-state index in [4.69, 9.17) is 14.2 Å². The molecule has 0 radical (unpaired) electrons. The molecular weight excluding hydrogens is 420 g/mol. The lowest BCUT2D eigenvalue weighted by molar-refractivity contribution is -0.127. The molecule has 2 aromatic carbocycles. The number of anilines is 1. The lowest BCUT2D eigenvalue weighted by atomic mass is 10.1. The highest BCUT2D eigenvalue weighted by Gasteiger charge is 2.36. The van der Waals surface area contributed by atoms with Crippen LogP contribution in [0.2, 0.25) is 0 Å². The number of hydrogen-bond acceptors (Lipinski definition) is 7. The Hall–Kier alpha value is -3.46. The molecule has 0 saturated carbocycles. The van der Waals surface area contributed by atoms with Crippen LogP contribution in [-0.2, 0) is 9.59 Å². The molecule has 0 atom stereocenters. The van der Waals surface area contributed by atoms with Crippen molar-refractivity contribution in [3.05, 3.63) is 52.9 Å². The molecule has 2 aromatic rings. The lowest BCUT2D eigenvalue weighted by Gasteiger charge is -2.14. The predicted octanol–water partition coefficient (Wildman–Crippen LogP) is 3.78. The average molecular weight is 442 g/mol. The zero-order valence-electron chi connectivity index (χ0n) is 17.3. The van der Waals surface area contributed by atoms with Crippen LogP contribution in [0.1, 0.15) is 12.5 Å². The molecule has 1 aliphatic rings. The van der Waals surface area contributed by atoms with Crippen molar-refractivity contribution in [2.24, 2.45) is 0 Å². The van der Waals surface area contributed by atoms with Crippen molar-refractivity contribution in [1.29, 1.82) is 0 Å². The Labute approximate surface area is 184 Å². The zero-order chi connectivity index (χ0) is 22.4. The number of benzene rings is 2. The summed E-state index contributed by atoms with van der Waals surface area (Å²) in [6.07, 6.45) is 1.57. The lowest BCUT2D eigenvalue weighted by Crippen LogP contribution is -2.36. The fourth-order valence-electron chi connectivity index (χ4n) is 2.96. The number of thioether (sulfide) groups is 1. The second-order valence-electron chi connectivity index (χ2n) is 6.33. The van der Waals surface area contributed by atoms with Gasteiger partial charge in [0.25, 0.3) is 11.1 Å². The quantitative estimate of drug-likeness (QED) is 0.622. The largest absolute Gasteiger partial charge is 0.495 e. The van der Waals surface area contributed by atoms with Gasteiger partial charge >= 0.3 is 0 Å². The number of nitrogens with zero attached hydrogens (tertiary/aromatic N) is 1. The Kier molecular flexibility index (Phi) is 7.19. The summed E-state index contributed by atoms with van der Waals surface area (Å²) >= 11 is 0.770. The highest BCUT2D eigenvalue weighted by molar-refractivity contribution is 8.18. The van der Waals surface area contributed by atoms with E-state index in [9.17, 15) is 14.4 Å². The summed E-state index contributed by atoms with van der Waals surface area (Å²) in [5.41, 5.74) is 1.06. The van der Waals surface area contributed by atoms with Gasteiger partial charge in [0.1, 0.15) is 12.3 Å². The number of methoxy groups -OCH3 is 2. The molecule has 0 aromatic heterocycles. The molecule has 0 unspecified atom stereocenters. The van der Waals surface area contributed by atoms with Gasteiger partial charge in [-0.3, -0.25) is 19.3 Å². The van der Waals surface area contributed by atoms with Crippen LogP contribution in [0.5, 0.6) is 17.2 Å². The molecule has 162 valence electrons. The average Bonchev–Trinajstić information content (AvgIpc) is 3.02. The van der Waals surface area contributed by atoms with Crippen molar-refractivity contribution in [3.8, 4) is 17.2 Å². The number of imide groups is 1. The number of carbonyl (C=O) groups excluding carboxylic acids is 3. The normalized spacial score (nSPS) is 14.7. The third-order valence-corrected chi connectivity index (χ3v) is 5.27. The third-order valence-electron chi connectivity index (χ3n) is 4.36. The molecule has 0 bridgehead atoms. The maximum absolute atomic E-state index is 12.8. The predicted molar refractivity (Wildman–Crippen MR) is 118 cm³/mol. The number of amides is 3. The number of carbonyl (C=O) groups is 3. The smallest absolute Gasteiger partial charge is 0.294 e. The summed E-state index contributed by atoms with van der Waals surface area (Å²) in [4.78, 5) is 38.7. The van der Waals surface area contributed by atoms with Gasteiger partial charge in [-0.15, -0.1) is 0 Å². The van der Waals surface area contributed by atoms with E-state index >= 15 is 0 Å². The highest BCUT2D eigenvalue weighted by atomic mass is 32.2. The van der Waals surface area contributed by atoms with E-state index in [1.807, 2.05) is 6.92 Å². The first-order chi connectivity index (χ1) is 15.0. The first kappa shape index (κ1) is 22.2. The topological polar surface area (TPSA) is 94.2 Å². The molecule has 31 heavy (non-hydrogen) atoms. The van der Waals surface area contributed by atoms with Crippen LogP contribution < -0.4 is 19.5 Å². The first-order valence-electron chi connectivity index (χ1n) is 9.46. The van der Waals surface area contributed by atoms with E-state index in [-0.39, 0.29) is 4.91 Å². The number of hydrogen-bond donors (Lipinski definition) is 1. The first-order valence-corrected chi connectivity index (χ1v) is 10.3. The van der Waals surface area contributed by atoms with Gasteiger partial charge in [-0.05, 0) is 43.0 Å². The van der Waals surface area contributed by atoms with Gasteiger partial charge in [0.15, 0.2) is 11.5 Å². The van der Waals surface area contributed by atoms with Crippen molar-refractivity contribution >= 4 is 40.6 Å². The van der Waals surface area contributed by atoms with Crippen molar-refractivity contribution in [2.75, 3.05) is 32.7 Å². The Bertz CT molecular complexity index is 1040. The minimum absolute atomic E-state index is 0.198. The van der Waals surface area contributed by atoms with Gasteiger partial charge in [-0.2, -0.15) is 0 Å². The number of nitrogens with one attached hydrogen (secondary N) is 1. The van der Waals surface area contributed by atoms with Crippen LogP contribution >= 0.6 is 11.8 Å². The second kappa shape index (κ2) is 10.0. The van der Waals surface area contributed by atoms with E-state index in [1.54, 1.807) is 48.5 Å². The maximum atomic E-state index is 12.8. The highest BCUT2D eigenvalue weighted by Crippen LogP contribution is 2.37. The summed E-state index contributed by atoms with van der Waals surface area (Å²) in [7, 11) is 3.01. The van der Waals surface area contributed by atoms with Crippen molar-refractivity contribution in [3.63, 3.8) is 0 Å². The minimum atomic E-state index is -0.546. The minimum Gasteiger partial charge on any atom is -0.495 e. The molecular formula is C22H22N2O6S. The number of ether oxygens (including phenoxy) is 3. The van der Waals surface area contributed by atoms with Crippen LogP contribution in [0.4, 0.5) is 10.5 Å². The van der Waals surface area contributed by atoms with Crippen molar-refractivity contribution < 1.29 is 28.6 Å². The fourth-order valence-corrected chi connectivity index (χ4v) is 3.79. The molecule has 8 nitrogen and oxygen atoms in total. The SMILES string of the molecule is CCOc1c(/C=C2/SC(=O)N(CC(=O)Nc3ccccc3OC)C2=O)cccc1OC. The molecule has 3 amide bonds. The molecule has 0 spiro atoms. The van der Waals surface area contributed by atoms with Crippen LogP contribution in [-0.4, -0.2) is 49.3 Å². The summed E-state index contributed by atoms with van der Waals surface area (Å²) in [5, 5.41) is 2.14. The Morgan fingerprint density at radius 1 is 1.06 bits per heavy atom. The Morgan fingerprint density at radius 3 is 2.48 bits per heavy atom. The van der Waals surface area contributed by atoms with E-state index in [1.165, 1.54) is 14.2 Å². The van der Waals surface area contributed by atoms with E-state index in [2.05, 4.69) is 5.32 Å². The molecule has 1 saturated heterocycles. The van der Waals surface area contributed by atoms with E-state index in [0.29, 0.717) is 35.1 Å². The fraction of sp³-hybridized carbons (Fsp3) is 0.227. The van der Waals surface area contributed by atoms with E-state index < -0.39 is 23.6 Å². The number of rotatable bonds is 8. The molecule has 1 aliphatic heterocycles. The van der Waals surface area contributed by atoms with Crippen LogP contribution in [0.15, 0.2) is 47.4 Å². The van der Waals surface area contributed by atoms with Crippen LogP contribution in [0.25, 0.3) is 6.08 Å². The molecule has 1 N–H and O–H groups in total. The van der Waals surface area contributed by atoms with Crippen LogP contribution in [0.3, 0.4) is 0 Å². The molecule has 1 heterocycles. The summed E-state index contributed by atoms with van der Waals surface area (Å²) in [6.45, 7) is 1.84. The van der Waals surface area contributed by atoms with Gasteiger partial charge in [0.05, 0.1) is 31.4 Å². The summed E-state index contributed by atoms with van der Waals surface area (Å²) < 4.78 is 16.2. The second-order valence-corrected chi connectivity index (χ2v) is 7.32. The van der Waals surface area contributed by atoms with Gasteiger partial charge in [0, 0.05) is 5.56 Å². The molecule has 3 rings (SSSR count). The summed E-state index contributed by atoms with van der Waals surface area (Å²) in [5.74, 6) is 0.422. The molecule has 0 aliphatic carbocycles. The van der Waals surface area contributed by atoms with Crippen molar-refractivity contribution in [1.82, 2.24) is 4.90 Å². The molecule has 9 heteroatoms. The Morgan fingerprint density at radius 2 is 1.77 bits per heavy atom. The zero-order valence-corrected chi connectivity index (χ0v) is 18.2. The van der Waals surface area contributed by atoms with Gasteiger partial charge in [-0.25, -0.2) is 0 Å².